The Balaban J connectivity index is 0.000000427. The molecule has 42 heavy (non-hydrogen) atoms. The molecule has 0 aliphatic carbocycles. The van der Waals surface area contributed by atoms with E-state index < -0.39 is 19.5 Å². The molecular weight excluding hydrogens is 702 g/mol. The van der Waals surface area contributed by atoms with Crippen LogP contribution in [0, 0.1) is 37.4 Å². The van der Waals surface area contributed by atoms with E-state index in [0.717, 1.165) is 48.1 Å². The average Bonchev–Trinajstić information content (AvgIpc) is 3.00. The van der Waals surface area contributed by atoms with Crippen LogP contribution >= 0.6 is 0 Å². The first-order valence-corrected chi connectivity index (χ1v) is 14.5. The van der Waals surface area contributed by atoms with E-state index in [1.807, 2.05) is 39.8 Å². The molecule has 0 aliphatic heterocycles. The van der Waals surface area contributed by atoms with Gasteiger partial charge in [-0.05, 0) is 82.6 Å². The molecule has 4 aromatic rings. The number of aliphatic hydroxyl groups excluding tert-OH is 1. The maximum absolute atomic E-state index is 14.3. The molecular formula is C37H45FIrNO2-. The van der Waals surface area contributed by atoms with Gasteiger partial charge in [0, 0.05) is 52.4 Å². The van der Waals surface area contributed by atoms with E-state index in [4.69, 9.17) is 8.22 Å². The van der Waals surface area contributed by atoms with Crippen LogP contribution in [0.5, 0.6) is 0 Å². The fourth-order valence-electron chi connectivity index (χ4n) is 5.26. The molecule has 0 atom stereocenters. The van der Waals surface area contributed by atoms with Crippen molar-refractivity contribution in [2.45, 2.75) is 86.8 Å². The number of aromatic nitrogens is 1. The number of fused-ring (bicyclic) bond motifs is 3. The van der Waals surface area contributed by atoms with Crippen molar-refractivity contribution < 1.29 is 42.6 Å². The van der Waals surface area contributed by atoms with Crippen molar-refractivity contribution in [1.82, 2.24) is 4.98 Å². The van der Waals surface area contributed by atoms with E-state index >= 15 is 0 Å². The fourth-order valence-corrected chi connectivity index (χ4v) is 5.26. The molecule has 3 aromatic carbocycles. The van der Waals surface area contributed by atoms with E-state index in [-0.39, 0.29) is 66.1 Å². The predicted molar refractivity (Wildman–Crippen MR) is 171 cm³/mol. The number of pyridine rings is 1. The summed E-state index contributed by atoms with van der Waals surface area (Å²) in [6, 6.07) is 13.8. The van der Waals surface area contributed by atoms with Gasteiger partial charge in [-0.3, -0.25) is 4.79 Å². The summed E-state index contributed by atoms with van der Waals surface area (Å²) in [5.41, 5.74) is 1.36. The van der Waals surface area contributed by atoms with Crippen molar-refractivity contribution in [1.29, 1.82) is 0 Å². The summed E-state index contributed by atoms with van der Waals surface area (Å²) >= 11 is 0. The Kier molecular flexibility index (Phi) is 10.2. The van der Waals surface area contributed by atoms with Crippen LogP contribution in [0.2, 0.25) is 0 Å². The minimum absolute atomic E-state index is 0. The Morgan fingerprint density at radius 2 is 1.67 bits per heavy atom. The summed E-state index contributed by atoms with van der Waals surface area (Å²) in [4.78, 5) is 16.2. The second kappa shape index (κ2) is 16.1. The van der Waals surface area contributed by atoms with Gasteiger partial charge in [-0.15, -0.1) is 34.9 Å². The maximum Gasteiger partial charge on any atom is 0.162 e. The standard InChI is InChI=1S/C24H21FN.C13H24O2.Ir/c1-14(2)21-12-17-7-8-26-24(18-10-15(3)9-16(4)11-18)23(17)22-13-19(25)5-6-20(21)22;1-5-10(6-2)12(14)9-13(15)11(7-3)8-4;/h5-10,12-14H,1-4H3;9-11,14H,5-8H2,1-4H3;/q-1;;/b;12-9-;/i3D3,4D3;;. The van der Waals surface area contributed by atoms with Crippen molar-refractivity contribution >= 4 is 27.3 Å². The van der Waals surface area contributed by atoms with Gasteiger partial charge in [0.25, 0.3) is 0 Å². The number of allylic oxidation sites excluding steroid dienone is 2. The van der Waals surface area contributed by atoms with E-state index in [1.165, 1.54) is 24.3 Å². The second-order valence-electron chi connectivity index (χ2n) is 10.8. The van der Waals surface area contributed by atoms with Crippen LogP contribution in [0.15, 0.2) is 60.5 Å². The normalized spacial score (nSPS) is 14.4. The molecule has 0 saturated heterocycles. The summed E-state index contributed by atoms with van der Waals surface area (Å²) in [6.07, 6.45) is 6.49. The van der Waals surface area contributed by atoms with Gasteiger partial charge in [0.1, 0.15) is 5.82 Å². The largest absolute Gasteiger partial charge is 0.512 e. The van der Waals surface area contributed by atoms with Gasteiger partial charge >= 0.3 is 0 Å². The Bertz CT molecular complexity index is 1710. The molecule has 227 valence electrons. The Labute approximate surface area is 273 Å². The molecule has 3 nitrogen and oxygen atoms in total. The molecule has 1 radical (unpaired) electrons. The minimum atomic E-state index is -2.54. The quantitative estimate of drug-likeness (QED) is 0.0802. The third-order valence-electron chi connectivity index (χ3n) is 7.68. The minimum Gasteiger partial charge on any atom is -0.512 e. The number of aryl methyl sites for hydroxylation is 2. The molecule has 4 rings (SSSR count). The van der Waals surface area contributed by atoms with Crippen molar-refractivity contribution in [2.75, 3.05) is 0 Å². The van der Waals surface area contributed by atoms with Gasteiger partial charge in [-0.25, -0.2) is 4.39 Å². The maximum atomic E-state index is 14.3. The Morgan fingerprint density at radius 3 is 2.26 bits per heavy atom. The number of rotatable bonds is 9. The van der Waals surface area contributed by atoms with E-state index in [9.17, 15) is 14.3 Å². The zero-order valence-corrected chi connectivity index (χ0v) is 27.7. The van der Waals surface area contributed by atoms with Crippen LogP contribution in [-0.2, 0) is 24.9 Å². The zero-order valence-electron chi connectivity index (χ0n) is 31.3. The number of carbonyl (C=O) groups excluding carboxylic acids is 1. The van der Waals surface area contributed by atoms with Gasteiger partial charge in [0.15, 0.2) is 5.78 Å². The van der Waals surface area contributed by atoms with Crippen molar-refractivity contribution in [3.63, 3.8) is 0 Å². The Hall–Kier alpha value is -2.88. The van der Waals surface area contributed by atoms with Crippen LogP contribution in [0.4, 0.5) is 4.39 Å². The van der Waals surface area contributed by atoms with Crippen LogP contribution < -0.4 is 0 Å². The number of halogens is 1. The predicted octanol–water partition coefficient (Wildman–Crippen LogP) is 10.6. The van der Waals surface area contributed by atoms with Gasteiger partial charge < -0.3 is 10.1 Å². The molecule has 1 heterocycles. The molecule has 1 aromatic heterocycles. The number of hydrogen-bond donors (Lipinski definition) is 1. The molecule has 1 N–H and O–H groups in total. The van der Waals surface area contributed by atoms with Crippen molar-refractivity contribution in [3.8, 4) is 11.3 Å². The second-order valence-corrected chi connectivity index (χ2v) is 10.8. The zero-order chi connectivity index (χ0) is 35.3. The summed E-state index contributed by atoms with van der Waals surface area (Å²) in [7, 11) is 0. The third-order valence-corrected chi connectivity index (χ3v) is 7.68. The number of carbonyl (C=O) groups is 1. The number of aliphatic hydroxyl groups is 1. The molecule has 0 spiro atoms. The molecule has 0 unspecified atom stereocenters. The van der Waals surface area contributed by atoms with Crippen LogP contribution in [-0.4, -0.2) is 15.9 Å². The van der Waals surface area contributed by atoms with Crippen molar-refractivity contribution in [2.24, 2.45) is 11.8 Å². The summed E-state index contributed by atoms with van der Waals surface area (Å²) in [6.45, 7) is 7.14. The van der Waals surface area contributed by atoms with E-state index in [0.29, 0.717) is 16.5 Å². The first kappa shape index (κ1) is 26.7. The Morgan fingerprint density at radius 1 is 0.976 bits per heavy atom. The molecule has 0 saturated carbocycles. The van der Waals surface area contributed by atoms with Crippen LogP contribution in [0.3, 0.4) is 0 Å². The van der Waals surface area contributed by atoms with E-state index in [2.05, 4.69) is 24.9 Å². The number of benzene rings is 3. The number of nitrogens with zero attached hydrogens (tertiary/aromatic N) is 1. The molecule has 0 fully saturated rings. The average molecular weight is 753 g/mol. The third kappa shape index (κ3) is 8.36. The van der Waals surface area contributed by atoms with Gasteiger partial charge in [-0.2, -0.15) is 0 Å². The van der Waals surface area contributed by atoms with Gasteiger partial charge in [-0.1, -0.05) is 67.4 Å². The first-order chi connectivity index (χ1) is 22.0. The summed E-state index contributed by atoms with van der Waals surface area (Å²) in [5.74, 6) is 0.334. The molecule has 0 bridgehead atoms. The smallest absolute Gasteiger partial charge is 0.162 e. The van der Waals surface area contributed by atoms with Gasteiger partial charge in [0.2, 0.25) is 0 Å². The SMILES string of the molecule is CCC(CC)C(=O)/C=C(\O)C(CC)CC.[2H]C([2H])([2H])c1[c-]c(-c2nccc3cc(C(C)C)c4ccc(F)cc4c23)cc(C([2H])([2H])[2H])c1.[Ir]. The van der Waals surface area contributed by atoms with Crippen LogP contribution in [0.25, 0.3) is 32.8 Å². The van der Waals surface area contributed by atoms with E-state index in [1.54, 1.807) is 12.3 Å². The molecule has 0 aliphatic rings. The summed E-state index contributed by atoms with van der Waals surface area (Å²) < 4.78 is 61.0. The fraction of sp³-hybridized carbons (Fsp3) is 0.405. The van der Waals surface area contributed by atoms with Crippen LogP contribution in [0.1, 0.15) is 98.1 Å². The molecule has 0 amide bonds. The molecule has 5 heteroatoms. The number of hydrogen-bond acceptors (Lipinski definition) is 3. The monoisotopic (exact) mass is 753 g/mol. The van der Waals surface area contributed by atoms with Gasteiger partial charge in [0.05, 0.1) is 5.76 Å². The number of ketones is 1. The van der Waals surface area contributed by atoms with Crippen molar-refractivity contribution in [3.05, 3.63) is 89.1 Å². The first-order valence-electron chi connectivity index (χ1n) is 17.5. The topological polar surface area (TPSA) is 50.2 Å². The summed E-state index contributed by atoms with van der Waals surface area (Å²) in [5, 5.41) is 12.7.